The summed E-state index contributed by atoms with van der Waals surface area (Å²) in [6.07, 6.45) is 3.86. The number of hydrogen-bond acceptors (Lipinski definition) is 8. The zero-order valence-electron chi connectivity index (χ0n) is 15.9. The van der Waals surface area contributed by atoms with Crippen molar-refractivity contribution in [3.8, 4) is 0 Å². The molecule has 148 valence electrons. The van der Waals surface area contributed by atoms with Crippen LogP contribution >= 0.6 is 11.8 Å². The maximum absolute atomic E-state index is 12.5. The molecule has 0 aliphatic carbocycles. The Morgan fingerprint density at radius 2 is 2.21 bits per heavy atom. The molecule has 0 saturated carbocycles. The van der Waals surface area contributed by atoms with Gasteiger partial charge in [-0.05, 0) is 31.0 Å². The van der Waals surface area contributed by atoms with E-state index in [1.54, 1.807) is 18.9 Å². The molecule has 0 bridgehead atoms. The van der Waals surface area contributed by atoms with E-state index in [1.165, 1.54) is 12.4 Å². The van der Waals surface area contributed by atoms with E-state index in [1.807, 2.05) is 24.3 Å². The zero-order chi connectivity index (χ0) is 20.0. The molecule has 9 heteroatoms. The molecule has 2 heterocycles. The Morgan fingerprint density at radius 3 is 2.93 bits per heavy atom. The van der Waals surface area contributed by atoms with Crippen molar-refractivity contribution >= 4 is 34.3 Å². The highest BCUT2D eigenvalue weighted by Gasteiger charge is 2.29. The molecule has 0 fully saturated rings. The van der Waals surface area contributed by atoms with Gasteiger partial charge in [0, 0.05) is 25.1 Å². The standard InChI is InChI=1S/C19H24N6O2S/c1-19(6-9-28-18(20)25-19)13-4-3-5-14(10-13)24-17(26)15-11-23-16(12-22-15)21-7-8-27-2/h3-5,10-12H,6-9H2,1-2H3,(H2,20,25)(H,21,23)(H,24,26). The normalized spacial score (nSPS) is 19.0. The second kappa shape index (κ2) is 9.03. The maximum Gasteiger partial charge on any atom is 0.275 e. The van der Waals surface area contributed by atoms with Crippen LogP contribution in [0.2, 0.25) is 0 Å². The van der Waals surface area contributed by atoms with E-state index >= 15 is 0 Å². The van der Waals surface area contributed by atoms with Crippen LogP contribution in [0.25, 0.3) is 0 Å². The highest BCUT2D eigenvalue weighted by Crippen LogP contribution is 2.35. The Bertz CT molecular complexity index is 858. The number of ether oxygens (including phenoxy) is 1. The number of aliphatic imine (C=N–C) groups is 1. The third-order valence-corrected chi connectivity index (χ3v) is 5.23. The molecule has 1 aromatic carbocycles. The molecule has 1 aromatic heterocycles. The fraction of sp³-hybridized carbons (Fsp3) is 0.368. The monoisotopic (exact) mass is 400 g/mol. The molecule has 3 rings (SSSR count). The summed E-state index contributed by atoms with van der Waals surface area (Å²) in [6.45, 7) is 3.24. The van der Waals surface area contributed by atoms with Crippen LogP contribution < -0.4 is 16.4 Å². The van der Waals surface area contributed by atoms with Gasteiger partial charge >= 0.3 is 0 Å². The third-order valence-electron chi connectivity index (χ3n) is 4.43. The number of nitrogens with one attached hydrogen (secondary N) is 2. The van der Waals surface area contributed by atoms with Crippen molar-refractivity contribution < 1.29 is 9.53 Å². The van der Waals surface area contributed by atoms with Crippen molar-refractivity contribution in [2.75, 3.05) is 36.6 Å². The van der Waals surface area contributed by atoms with Gasteiger partial charge in [-0.1, -0.05) is 23.9 Å². The minimum Gasteiger partial charge on any atom is -0.383 e. The molecule has 8 nitrogen and oxygen atoms in total. The van der Waals surface area contributed by atoms with E-state index in [2.05, 4.69) is 32.5 Å². The van der Waals surface area contributed by atoms with Gasteiger partial charge in [0.15, 0.2) is 5.17 Å². The van der Waals surface area contributed by atoms with Gasteiger partial charge in [-0.15, -0.1) is 0 Å². The van der Waals surface area contributed by atoms with E-state index in [0.717, 1.165) is 17.7 Å². The summed E-state index contributed by atoms with van der Waals surface area (Å²) in [5.41, 5.74) is 7.46. The fourth-order valence-electron chi connectivity index (χ4n) is 2.84. The van der Waals surface area contributed by atoms with E-state index in [-0.39, 0.29) is 17.1 Å². The number of thioether (sulfide) groups is 1. The van der Waals surface area contributed by atoms with Gasteiger partial charge in [0.2, 0.25) is 0 Å². The SMILES string of the molecule is COCCNc1cnc(C(=O)Nc2cccc(C3(C)CCSC(N)=N3)c2)cn1. The predicted molar refractivity (Wildman–Crippen MR) is 113 cm³/mol. The molecule has 1 aliphatic heterocycles. The number of carbonyl (C=O) groups is 1. The maximum atomic E-state index is 12.5. The Balaban J connectivity index is 1.68. The summed E-state index contributed by atoms with van der Waals surface area (Å²) >= 11 is 1.57. The minimum absolute atomic E-state index is 0.241. The van der Waals surface area contributed by atoms with Crippen LogP contribution in [-0.4, -0.2) is 47.1 Å². The molecular formula is C19H24N6O2S. The summed E-state index contributed by atoms with van der Waals surface area (Å²) in [4.78, 5) is 25.5. The summed E-state index contributed by atoms with van der Waals surface area (Å²) in [5.74, 6) is 1.19. The van der Waals surface area contributed by atoms with Gasteiger partial charge < -0.3 is 21.1 Å². The lowest BCUT2D eigenvalue weighted by atomic mass is 9.89. The molecule has 1 atom stereocenters. The number of anilines is 2. The Kier molecular flexibility index (Phi) is 6.48. The number of nitrogens with zero attached hydrogens (tertiary/aromatic N) is 3. The number of hydrogen-bond donors (Lipinski definition) is 3. The van der Waals surface area contributed by atoms with Gasteiger partial charge in [-0.25, -0.2) is 9.97 Å². The second-order valence-electron chi connectivity index (χ2n) is 6.56. The summed E-state index contributed by atoms with van der Waals surface area (Å²) in [5, 5.41) is 6.52. The Labute approximate surface area is 168 Å². The number of benzene rings is 1. The molecule has 1 amide bonds. The first-order valence-electron chi connectivity index (χ1n) is 8.95. The first-order chi connectivity index (χ1) is 13.5. The number of carbonyl (C=O) groups excluding carboxylic acids is 1. The smallest absolute Gasteiger partial charge is 0.275 e. The van der Waals surface area contributed by atoms with Crippen LogP contribution in [0, 0.1) is 0 Å². The topological polar surface area (TPSA) is 115 Å². The van der Waals surface area contributed by atoms with E-state index in [0.29, 0.717) is 29.8 Å². The van der Waals surface area contributed by atoms with Gasteiger partial charge in [0.1, 0.15) is 11.5 Å². The Hall–Kier alpha value is -2.65. The zero-order valence-corrected chi connectivity index (χ0v) is 16.8. The van der Waals surface area contributed by atoms with Crippen LogP contribution in [-0.2, 0) is 10.3 Å². The lowest BCUT2D eigenvalue weighted by Crippen LogP contribution is -2.28. The first-order valence-corrected chi connectivity index (χ1v) is 9.93. The molecule has 0 spiro atoms. The number of aromatic nitrogens is 2. The molecule has 1 aliphatic rings. The average molecular weight is 401 g/mol. The number of rotatable bonds is 7. The number of methoxy groups -OCH3 is 1. The van der Waals surface area contributed by atoms with Crippen LogP contribution in [0.5, 0.6) is 0 Å². The van der Waals surface area contributed by atoms with Gasteiger partial charge in [0.25, 0.3) is 5.91 Å². The van der Waals surface area contributed by atoms with Crippen molar-refractivity contribution in [1.82, 2.24) is 9.97 Å². The molecule has 28 heavy (non-hydrogen) atoms. The predicted octanol–water partition coefficient (Wildman–Crippen LogP) is 2.45. The average Bonchev–Trinajstić information content (AvgIpc) is 2.69. The van der Waals surface area contributed by atoms with Crippen LogP contribution in [0.4, 0.5) is 11.5 Å². The molecule has 0 saturated heterocycles. The van der Waals surface area contributed by atoms with E-state index in [4.69, 9.17) is 10.5 Å². The van der Waals surface area contributed by atoms with Gasteiger partial charge in [0.05, 0.1) is 24.5 Å². The molecule has 1 unspecified atom stereocenters. The van der Waals surface area contributed by atoms with Crippen molar-refractivity contribution in [2.24, 2.45) is 10.7 Å². The largest absolute Gasteiger partial charge is 0.383 e. The highest BCUT2D eigenvalue weighted by molar-refractivity contribution is 8.13. The fourth-order valence-corrected chi connectivity index (χ4v) is 3.81. The van der Waals surface area contributed by atoms with Gasteiger partial charge in [-0.3, -0.25) is 9.79 Å². The summed E-state index contributed by atoms with van der Waals surface area (Å²) in [6, 6.07) is 7.67. The second-order valence-corrected chi connectivity index (χ2v) is 7.68. The van der Waals surface area contributed by atoms with Crippen molar-refractivity contribution in [3.63, 3.8) is 0 Å². The highest BCUT2D eigenvalue weighted by atomic mass is 32.2. The van der Waals surface area contributed by atoms with Crippen LogP contribution in [0.1, 0.15) is 29.4 Å². The number of nitrogens with two attached hydrogens (primary N) is 1. The van der Waals surface area contributed by atoms with Crippen molar-refractivity contribution in [3.05, 3.63) is 47.9 Å². The van der Waals surface area contributed by atoms with Crippen LogP contribution in [0.3, 0.4) is 0 Å². The molecule has 4 N–H and O–H groups in total. The first kappa shape index (κ1) is 20.1. The lowest BCUT2D eigenvalue weighted by molar-refractivity contribution is 0.102. The molecule has 2 aromatic rings. The van der Waals surface area contributed by atoms with Gasteiger partial charge in [-0.2, -0.15) is 0 Å². The van der Waals surface area contributed by atoms with Crippen molar-refractivity contribution in [1.29, 1.82) is 0 Å². The molecular weight excluding hydrogens is 376 g/mol. The van der Waals surface area contributed by atoms with Crippen molar-refractivity contribution in [2.45, 2.75) is 18.9 Å². The summed E-state index contributed by atoms with van der Waals surface area (Å²) < 4.78 is 4.97. The third kappa shape index (κ3) is 4.99. The number of amidine groups is 1. The minimum atomic E-state index is -0.384. The quantitative estimate of drug-likeness (QED) is 0.612. The summed E-state index contributed by atoms with van der Waals surface area (Å²) in [7, 11) is 1.63. The van der Waals surface area contributed by atoms with E-state index < -0.39 is 0 Å². The van der Waals surface area contributed by atoms with E-state index in [9.17, 15) is 4.79 Å². The molecule has 0 radical (unpaired) electrons. The number of amides is 1. The van der Waals surface area contributed by atoms with Crippen LogP contribution in [0.15, 0.2) is 41.7 Å². The Morgan fingerprint density at radius 1 is 1.36 bits per heavy atom. The lowest BCUT2D eigenvalue weighted by Gasteiger charge is -2.30.